The van der Waals surface area contributed by atoms with Gasteiger partial charge in [0.15, 0.2) is 0 Å². The molecule has 22 heavy (non-hydrogen) atoms. The van der Waals surface area contributed by atoms with Crippen molar-refractivity contribution in [2.24, 2.45) is 5.41 Å². The number of hydrogen-bond acceptors (Lipinski definition) is 3. The van der Waals surface area contributed by atoms with Gasteiger partial charge >= 0.3 is 0 Å². The molecule has 0 radical (unpaired) electrons. The smallest absolute Gasteiger partial charge is 0.225 e. The van der Waals surface area contributed by atoms with Gasteiger partial charge in [-0.15, -0.1) is 0 Å². The summed E-state index contributed by atoms with van der Waals surface area (Å²) >= 11 is 5.77. The van der Waals surface area contributed by atoms with Crippen molar-refractivity contribution in [3.05, 3.63) is 34.9 Å². The maximum atomic E-state index is 11.7. The lowest BCUT2D eigenvalue weighted by Gasteiger charge is -2.17. The SMILES string of the molecule is CC(C)(C)C(=O)NCCNC(=O)CC(O)c1ccc(Cl)cc1. The van der Waals surface area contributed by atoms with Crippen LogP contribution in [0.2, 0.25) is 5.02 Å². The van der Waals surface area contributed by atoms with Crippen LogP contribution in [-0.2, 0) is 9.59 Å². The molecule has 0 saturated carbocycles. The van der Waals surface area contributed by atoms with Crippen LogP contribution < -0.4 is 10.6 Å². The number of carbonyl (C=O) groups is 2. The minimum absolute atomic E-state index is 0.0329. The Hall–Kier alpha value is -1.59. The molecule has 0 spiro atoms. The summed E-state index contributed by atoms with van der Waals surface area (Å²) in [5.41, 5.74) is 0.190. The molecule has 1 aromatic rings. The van der Waals surface area contributed by atoms with Crippen molar-refractivity contribution >= 4 is 23.4 Å². The number of halogens is 1. The van der Waals surface area contributed by atoms with Crippen molar-refractivity contribution in [1.82, 2.24) is 10.6 Å². The van der Waals surface area contributed by atoms with Gasteiger partial charge < -0.3 is 15.7 Å². The van der Waals surface area contributed by atoms with E-state index in [4.69, 9.17) is 11.6 Å². The second-order valence-electron chi connectivity index (χ2n) is 6.13. The molecule has 1 aromatic carbocycles. The zero-order valence-electron chi connectivity index (χ0n) is 13.1. The maximum Gasteiger partial charge on any atom is 0.225 e. The van der Waals surface area contributed by atoms with E-state index < -0.39 is 11.5 Å². The van der Waals surface area contributed by atoms with Crippen molar-refractivity contribution in [3.8, 4) is 0 Å². The predicted molar refractivity (Wildman–Crippen MR) is 86.5 cm³/mol. The maximum absolute atomic E-state index is 11.7. The van der Waals surface area contributed by atoms with Crippen molar-refractivity contribution in [3.63, 3.8) is 0 Å². The Labute approximate surface area is 136 Å². The van der Waals surface area contributed by atoms with E-state index in [9.17, 15) is 14.7 Å². The van der Waals surface area contributed by atoms with Gasteiger partial charge in [0.1, 0.15) is 0 Å². The lowest BCUT2D eigenvalue weighted by Crippen LogP contribution is -2.40. The third-order valence-corrected chi connectivity index (χ3v) is 3.30. The van der Waals surface area contributed by atoms with E-state index in [-0.39, 0.29) is 18.2 Å². The Balaban J connectivity index is 2.29. The molecule has 2 amide bonds. The van der Waals surface area contributed by atoms with Crippen molar-refractivity contribution in [2.45, 2.75) is 33.3 Å². The van der Waals surface area contributed by atoms with Gasteiger partial charge in [-0.3, -0.25) is 9.59 Å². The number of amides is 2. The predicted octanol–water partition coefficient (Wildman–Crippen LogP) is 2.04. The summed E-state index contributed by atoms with van der Waals surface area (Å²) < 4.78 is 0. The van der Waals surface area contributed by atoms with E-state index in [1.54, 1.807) is 24.3 Å². The number of nitrogens with one attached hydrogen (secondary N) is 2. The number of aliphatic hydroxyl groups is 1. The first kappa shape index (κ1) is 18.5. The van der Waals surface area contributed by atoms with E-state index in [1.807, 2.05) is 20.8 Å². The van der Waals surface area contributed by atoms with Crippen LogP contribution in [-0.4, -0.2) is 30.0 Å². The Morgan fingerprint density at radius 3 is 2.23 bits per heavy atom. The molecular weight excluding hydrogens is 304 g/mol. The highest BCUT2D eigenvalue weighted by Crippen LogP contribution is 2.18. The van der Waals surface area contributed by atoms with Crippen molar-refractivity contribution < 1.29 is 14.7 Å². The number of benzene rings is 1. The number of carbonyl (C=O) groups excluding carboxylic acids is 2. The monoisotopic (exact) mass is 326 g/mol. The quantitative estimate of drug-likeness (QED) is 0.700. The van der Waals surface area contributed by atoms with Gasteiger partial charge in [-0.05, 0) is 17.7 Å². The van der Waals surface area contributed by atoms with E-state index in [0.717, 1.165) is 0 Å². The second kappa shape index (κ2) is 8.15. The van der Waals surface area contributed by atoms with Crippen molar-refractivity contribution in [2.75, 3.05) is 13.1 Å². The van der Waals surface area contributed by atoms with Crippen LogP contribution >= 0.6 is 11.6 Å². The Morgan fingerprint density at radius 1 is 1.14 bits per heavy atom. The first-order valence-electron chi connectivity index (χ1n) is 7.18. The third kappa shape index (κ3) is 6.45. The molecule has 1 atom stereocenters. The van der Waals surface area contributed by atoms with Gasteiger partial charge in [-0.1, -0.05) is 44.5 Å². The number of hydrogen-bond donors (Lipinski definition) is 3. The minimum Gasteiger partial charge on any atom is -0.388 e. The largest absolute Gasteiger partial charge is 0.388 e. The summed E-state index contributed by atoms with van der Waals surface area (Å²) in [4.78, 5) is 23.4. The third-order valence-electron chi connectivity index (χ3n) is 3.05. The molecule has 1 unspecified atom stereocenters. The van der Waals surface area contributed by atoms with Crippen LogP contribution in [0, 0.1) is 5.41 Å². The number of aliphatic hydroxyl groups excluding tert-OH is 1. The molecule has 3 N–H and O–H groups in total. The van der Waals surface area contributed by atoms with Gasteiger partial charge in [-0.2, -0.15) is 0 Å². The standard InChI is InChI=1S/C16H23ClN2O3/c1-16(2,3)15(22)19-9-8-18-14(21)10-13(20)11-4-6-12(17)7-5-11/h4-7,13,20H,8-10H2,1-3H3,(H,18,21)(H,19,22). The molecule has 122 valence electrons. The summed E-state index contributed by atoms with van der Waals surface area (Å²) in [7, 11) is 0. The highest BCUT2D eigenvalue weighted by molar-refractivity contribution is 6.30. The summed E-state index contributed by atoms with van der Waals surface area (Å²) in [5, 5.41) is 15.9. The molecular formula is C16H23ClN2O3. The Bertz CT molecular complexity index is 509. The fourth-order valence-corrected chi connectivity index (χ4v) is 1.82. The molecule has 0 heterocycles. The molecule has 0 aliphatic carbocycles. The van der Waals surface area contributed by atoms with Gasteiger partial charge in [0.25, 0.3) is 0 Å². The zero-order valence-corrected chi connectivity index (χ0v) is 13.9. The summed E-state index contributed by atoms with van der Waals surface area (Å²) in [5.74, 6) is -0.338. The summed E-state index contributed by atoms with van der Waals surface area (Å²) in [6.45, 7) is 6.16. The van der Waals surface area contributed by atoms with Crippen LogP contribution in [0.4, 0.5) is 0 Å². The Kier molecular flexibility index (Phi) is 6.84. The summed E-state index contributed by atoms with van der Waals surface area (Å²) in [6.07, 6.45) is -0.907. The highest BCUT2D eigenvalue weighted by Gasteiger charge is 2.20. The zero-order chi connectivity index (χ0) is 16.8. The fourth-order valence-electron chi connectivity index (χ4n) is 1.69. The first-order valence-corrected chi connectivity index (χ1v) is 7.56. The molecule has 0 saturated heterocycles. The van der Waals surface area contributed by atoms with Crippen LogP contribution in [0.3, 0.4) is 0 Å². The van der Waals surface area contributed by atoms with Crippen LogP contribution in [0.25, 0.3) is 0 Å². The first-order chi connectivity index (χ1) is 10.2. The molecule has 0 bridgehead atoms. The summed E-state index contributed by atoms with van der Waals surface area (Å²) in [6, 6.07) is 6.70. The van der Waals surface area contributed by atoms with E-state index >= 15 is 0 Å². The number of rotatable bonds is 6. The highest BCUT2D eigenvalue weighted by atomic mass is 35.5. The lowest BCUT2D eigenvalue weighted by atomic mass is 9.96. The van der Waals surface area contributed by atoms with Crippen LogP contribution in [0.5, 0.6) is 0 Å². The molecule has 0 aliphatic rings. The molecule has 6 heteroatoms. The molecule has 5 nitrogen and oxygen atoms in total. The average Bonchev–Trinajstić information content (AvgIpc) is 2.42. The van der Waals surface area contributed by atoms with Gasteiger partial charge in [0.05, 0.1) is 12.5 Å². The molecule has 0 aliphatic heterocycles. The van der Waals surface area contributed by atoms with Gasteiger partial charge in [0, 0.05) is 23.5 Å². The molecule has 0 fully saturated rings. The van der Waals surface area contributed by atoms with Crippen LogP contribution in [0.1, 0.15) is 38.9 Å². The van der Waals surface area contributed by atoms with Crippen LogP contribution in [0.15, 0.2) is 24.3 Å². The van der Waals surface area contributed by atoms with Crippen molar-refractivity contribution in [1.29, 1.82) is 0 Å². The fraction of sp³-hybridized carbons (Fsp3) is 0.500. The topological polar surface area (TPSA) is 78.4 Å². The molecule has 0 aromatic heterocycles. The minimum atomic E-state index is -0.874. The van der Waals surface area contributed by atoms with E-state index in [2.05, 4.69) is 10.6 Å². The van der Waals surface area contributed by atoms with Gasteiger partial charge in [-0.25, -0.2) is 0 Å². The molecule has 1 rings (SSSR count). The average molecular weight is 327 g/mol. The van der Waals surface area contributed by atoms with E-state index in [0.29, 0.717) is 23.7 Å². The van der Waals surface area contributed by atoms with Gasteiger partial charge in [0.2, 0.25) is 11.8 Å². The Morgan fingerprint density at radius 2 is 1.68 bits per heavy atom. The van der Waals surface area contributed by atoms with E-state index in [1.165, 1.54) is 0 Å². The lowest BCUT2D eigenvalue weighted by molar-refractivity contribution is -0.129. The second-order valence-corrected chi connectivity index (χ2v) is 6.56. The normalized spacial score (nSPS) is 12.6.